The van der Waals surface area contributed by atoms with Crippen LogP contribution in [0, 0.1) is 6.92 Å². The van der Waals surface area contributed by atoms with Gasteiger partial charge in [0.25, 0.3) is 0 Å². The lowest BCUT2D eigenvalue weighted by Gasteiger charge is -2.12. The minimum Gasteiger partial charge on any atom is -0.438 e. The maximum absolute atomic E-state index is 5.85. The van der Waals surface area contributed by atoms with Crippen LogP contribution in [0.15, 0.2) is 24.3 Å². The first-order chi connectivity index (χ1) is 9.49. The molecule has 0 amide bonds. The second kappa shape index (κ2) is 5.77. The van der Waals surface area contributed by atoms with E-state index in [9.17, 15) is 0 Å². The number of ether oxygens (including phenoxy) is 1. The van der Waals surface area contributed by atoms with Crippen molar-refractivity contribution in [2.24, 2.45) is 0 Å². The predicted molar refractivity (Wildman–Crippen MR) is 81.3 cm³/mol. The first-order valence-electron chi connectivity index (χ1n) is 6.60. The van der Waals surface area contributed by atoms with Crippen molar-refractivity contribution in [2.75, 3.05) is 18.1 Å². The Balaban J connectivity index is 2.34. The van der Waals surface area contributed by atoms with E-state index in [1.165, 1.54) is 5.56 Å². The van der Waals surface area contributed by atoms with Gasteiger partial charge in [-0.2, -0.15) is 9.97 Å². The molecule has 1 heterocycles. The number of nitrogen functional groups attached to an aromatic ring is 1. The zero-order chi connectivity index (χ0) is 14.7. The molecular formula is C15H20N4O. The van der Waals surface area contributed by atoms with E-state index >= 15 is 0 Å². The molecule has 0 unspecified atom stereocenters. The molecule has 0 bridgehead atoms. The zero-order valence-electron chi connectivity index (χ0n) is 12.3. The van der Waals surface area contributed by atoms with Crippen LogP contribution in [0.5, 0.6) is 11.6 Å². The highest BCUT2D eigenvalue weighted by Gasteiger charge is 2.08. The van der Waals surface area contributed by atoms with E-state index in [0.717, 1.165) is 11.3 Å². The van der Waals surface area contributed by atoms with Gasteiger partial charge in [0, 0.05) is 13.1 Å². The monoisotopic (exact) mass is 272 g/mol. The zero-order valence-corrected chi connectivity index (χ0v) is 12.3. The SMILES string of the molecule is CNc1cc(Oc2cc(C(C)C)ccc2C)nc(N)n1. The Morgan fingerprint density at radius 1 is 1.20 bits per heavy atom. The van der Waals surface area contributed by atoms with E-state index in [1.54, 1.807) is 13.1 Å². The highest BCUT2D eigenvalue weighted by atomic mass is 16.5. The Bertz CT molecular complexity index is 611. The van der Waals surface area contributed by atoms with Crippen molar-refractivity contribution in [3.05, 3.63) is 35.4 Å². The lowest BCUT2D eigenvalue weighted by Crippen LogP contribution is -2.02. The van der Waals surface area contributed by atoms with Gasteiger partial charge in [-0.3, -0.25) is 0 Å². The number of nitrogens with zero attached hydrogens (tertiary/aromatic N) is 2. The standard InChI is InChI=1S/C15H20N4O/c1-9(2)11-6-5-10(3)12(7-11)20-14-8-13(17-4)18-15(16)19-14/h5-9H,1-4H3,(H3,16,17,18,19). The molecule has 0 saturated heterocycles. The van der Waals surface area contributed by atoms with Gasteiger partial charge in [0.15, 0.2) is 0 Å². The normalized spacial score (nSPS) is 10.7. The largest absolute Gasteiger partial charge is 0.438 e. The Morgan fingerprint density at radius 3 is 2.60 bits per heavy atom. The van der Waals surface area contributed by atoms with E-state index in [-0.39, 0.29) is 5.95 Å². The molecule has 1 aromatic carbocycles. The second-order valence-electron chi connectivity index (χ2n) is 4.98. The summed E-state index contributed by atoms with van der Waals surface area (Å²) in [7, 11) is 1.77. The van der Waals surface area contributed by atoms with Gasteiger partial charge in [0.1, 0.15) is 11.6 Å². The molecule has 0 spiro atoms. The summed E-state index contributed by atoms with van der Waals surface area (Å²) in [6, 6.07) is 7.92. The average molecular weight is 272 g/mol. The highest BCUT2D eigenvalue weighted by Crippen LogP contribution is 2.28. The topological polar surface area (TPSA) is 73.1 Å². The summed E-state index contributed by atoms with van der Waals surface area (Å²) in [6.45, 7) is 6.30. The van der Waals surface area contributed by atoms with Crippen molar-refractivity contribution in [1.29, 1.82) is 0 Å². The molecule has 5 heteroatoms. The van der Waals surface area contributed by atoms with Gasteiger partial charge in [-0.1, -0.05) is 26.0 Å². The Hall–Kier alpha value is -2.30. The molecule has 0 aliphatic rings. The number of rotatable bonds is 4. The summed E-state index contributed by atoms with van der Waals surface area (Å²) in [5.41, 5.74) is 7.94. The van der Waals surface area contributed by atoms with Gasteiger partial charge in [0.2, 0.25) is 11.8 Å². The van der Waals surface area contributed by atoms with Gasteiger partial charge in [-0.25, -0.2) is 0 Å². The van der Waals surface area contributed by atoms with Crippen molar-refractivity contribution < 1.29 is 4.74 Å². The molecule has 0 fully saturated rings. The van der Waals surface area contributed by atoms with Crippen LogP contribution in [0.25, 0.3) is 0 Å². The van der Waals surface area contributed by atoms with E-state index < -0.39 is 0 Å². The predicted octanol–water partition coefficient (Wildman–Crippen LogP) is 3.32. The lowest BCUT2D eigenvalue weighted by atomic mass is 10.0. The van der Waals surface area contributed by atoms with E-state index in [2.05, 4.69) is 35.2 Å². The van der Waals surface area contributed by atoms with Crippen LogP contribution in [0.4, 0.5) is 11.8 Å². The highest BCUT2D eigenvalue weighted by molar-refractivity contribution is 5.45. The summed E-state index contributed by atoms with van der Waals surface area (Å²) >= 11 is 0. The van der Waals surface area contributed by atoms with Crippen LogP contribution in [-0.4, -0.2) is 17.0 Å². The molecular weight excluding hydrogens is 252 g/mol. The number of aromatic nitrogens is 2. The molecule has 0 aliphatic carbocycles. The lowest BCUT2D eigenvalue weighted by molar-refractivity contribution is 0.458. The number of anilines is 2. The minimum absolute atomic E-state index is 0.185. The fourth-order valence-corrected chi connectivity index (χ4v) is 1.82. The first kappa shape index (κ1) is 14.1. The van der Waals surface area contributed by atoms with Crippen molar-refractivity contribution in [3.8, 4) is 11.6 Å². The number of nitrogens with one attached hydrogen (secondary N) is 1. The van der Waals surface area contributed by atoms with Gasteiger partial charge < -0.3 is 15.8 Å². The van der Waals surface area contributed by atoms with Crippen LogP contribution in [-0.2, 0) is 0 Å². The van der Waals surface area contributed by atoms with Crippen LogP contribution in [0.2, 0.25) is 0 Å². The maximum atomic E-state index is 5.85. The third-order valence-corrected chi connectivity index (χ3v) is 3.07. The third-order valence-electron chi connectivity index (χ3n) is 3.07. The summed E-state index contributed by atoms with van der Waals surface area (Å²) in [6.07, 6.45) is 0. The number of hydrogen-bond donors (Lipinski definition) is 2. The summed E-state index contributed by atoms with van der Waals surface area (Å²) < 4.78 is 5.85. The van der Waals surface area contributed by atoms with Crippen molar-refractivity contribution in [3.63, 3.8) is 0 Å². The molecule has 5 nitrogen and oxygen atoms in total. The van der Waals surface area contributed by atoms with Crippen molar-refractivity contribution in [2.45, 2.75) is 26.7 Å². The van der Waals surface area contributed by atoms with E-state index in [4.69, 9.17) is 10.5 Å². The van der Waals surface area contributed by atoms with Gasteiger partial charge >= 0.3 is 0 Å². The number of aryl methyl sites for hydroxylation is 1. The van der Waals surface area contributed by atoms with E-state index in [1.807, 2.05) is 19.1 Å². The van der Waals surface area contributed by atoms with Gasteiger partial charge in [-0.15, -0.1) is 0 Å². The fourth-order valence-electron chi connectivity index (χ4n) is 1.82. The molecule has 0 aliphatic heterocycles. The Labute approximate surface area is 119 Å². The molecule has 2 rings (SSSR count). The number of benzene rings is 1. The van der Waals surface area contributed by atoms with Crippen molar-refractivity contribution in [1.82, 2.24) is 9.97 Å². The first-order valence-corrected chi connectivity index (χ1v) is 6.60. The fraction of sp³-hybridized carbons (Fsp3) is 0.333. The van der Waals surface area contributed by atoms with E-state index in [0.29, 0.717) is 17.6 Å². The molecule has 1 aromatic heterocycles. The molecule has 0 radical (unpaired) electrons. The molecule has 0 atom stereocenters. The number of hydrogen-bond acceptors (Lipinski definition) is 5. The van der Waals surface area contributed by atoms with Crippen LogP contribution < -0.4 is 15.8 Å². The molecule has 106 valence electrons. The third kappa shape index (κ3) is 3.17. The molecule has 2 aromatic rings. The Kier molecular flexibility index (Phi) is 4.08. The van der Waals surface area contributed by atoms with Crippen LogP contribution >= 0.6 is 0 Å². The average Bonchev–Trinajstić information content (AvgIpc) is 2.40. The van der Waals surface area contributed by atoms with Gasteiger partial charge in [0.05, 0.1) is 0 Å². The summed E-state index contributed by atoms with van der Waals surface area (Å²) in [5.74, 6) is 2.48. The smallest absolute Gasteiger partial charge is 0.226 e. The minimum atomic E-state index is 0.185. The second-order valence-corrected chi connectivity index (χ2v) is 4.98. The molecule has 3 N–H and O–H groups in total. The van der Waals surface area contributed by atoms with Gasteiger partial charge in [-0.05, 0) is 30.0 Å². The maximum Gasteiger partial charge on any atom is 0.226 e. The van der Waals surface area contributed by atoms with Crippen molar-refractivity contribution >= 4 is 11.8 Å². The number of nitrogens with two attached hydrogens (primary N) is 1. The summed E-state index contributed by atoms with van der Waals surface area (Å²) in [5, 5.41) is 2.93. The molecule has 0 saturated carbocycles. The van der Waals surface area contributed by atoms with Crippen LogP contribution in [0.3, 0.4) is 0 Å². The molecule has 20 heavy (non-hydrogen) atoms. The van der Waals surface area contributed by atoms with Crippen LogP contribution in [0.1, 0.15) is 30.9 Å². The Morgan fingerprint density at radius 2 is 1.95 bits per heavy atom. The summed E-state index contributed by atoms with van der Waals surface area (Å²) in [4.78, 5) is 8.13. The quantitative estimate of drug-likeness (QED) is 0.893.